The summed E-state index contributed by atoms with van der Waals surface area (Å²) in [7, 11) is 0. The standard InChI is InChI=1S/C14H20N2/c15-9-12-8-14-7-6-11(12)10-16(14)13-4-2-1-3-5-13/h1-5,11-12,14H,6-10,15H2. The minimum Gasteiger partial charge on any atom is -0.368 e. The van der Waals surface area contributed by atoms with Crippen LogP contribution in [-0.4, -0.2) is 19.1 Å². The van der Waals surface area contributed by atoms with Crippen molar-refractivity contribution in [3.63, 3.8) is 0 Å². The number of hydrogen-bond acceptors (Lipinski definition) is 2. The summed E-state index contributed by atoms with van der Waals surface area (Å²) < 4.78 is 0. The molecule has 3 atom stereocenters. The Kier molecular flexibility index (Phi) is 2.60. The summed E-state index contributed by atoms with van der Waals surface area (Å²) in [5.41, 5.74) is 7.25. The number of rotatable bonds is 2. The van der Waals surface area contributed by atoms with Gasteiger partial charge in [-0.05, 0) is 49.8 Å². The van der Waals surface area contributed by atoms with Gasteiger partial charge >= 0.3 is 0 Å². The first-order valence-corrected chi connectivity index (χ1v) is 6.40. The van der Waals surface area contributed by atoms with Crippen molar-refractivity contribution in [1.29, 1.82) is 0 Å². The first-order chi connectivity index (χ1) is 7.88. The van der Waals surface area contributed by atoms with Crippen molar-refractivity contribution in [1.82, 2.24) is 0 Å². The number of benzene rings is 1. The Morgan fingerprint density at radius 3 is 2.62 bits per heavy atom. The Bertz CT molecular complexity index is 349. The molecular weight excluding hydrogens is 196 g/mol. The molecule has 3 unspecified atom stereocenters. The normalized spacial score (nSPS) is 33.1. The summed E-state index contributed by atoms with van der Waals surface area (Å²) in [5.74, 6) is 1.61. The molecule has 0 amide bonds. The summed E-state index contributed by atoms with van der Waals surface area (Å²) in [4.78, 5) is 2.60. The van der Waals surface area contributed by atoms with E-state index >= 15 is 0 Å². The Morgan fingerprint density at radius 1 is 1.19 bits per heavy atom. The summed E-state index contributed by atoms with van der Waals surface area (Å²) in [6.07, 6.45) is 4.04. The molecule has 2 aliphatic heterocycles. The molecule has 0 aromatic heterocycles. The van der Waals surface area contributed by atoms with E-state index in [-0.39, 0.29) is 0 Å². The molecule has 4 rings (SSSR count). The second-order valence-corrected chi connectivity index (χ2v) is 5.21. The van der Waals surface area contributed by atoms with E-state index in [1.54, 1.807) is 0 Å². The van der Waals surface area contributed by atoms with Crippen molar-refractivity contribution < 1.29 is 0 Å². The molecule has 2 saturated heterocycles. The zero-order valence-corrected chi connectivity index (χ0v) is 9.68. The highest BCUT2D eigenvalue weighted by Gasteiger charge is 2.39. The van der Waals surface area contributed by atoms with E-state index in [1.165, 1.54) is 31.5 Å². The largest absolute Gasteiger partial charge is 0.368 e. The molecule has 1 aromatic carbocycles. The van der Waals surface area contributed by atoms with Crippen molar-refractivity contribution in [2.45, 2.75) is 25.3 Å². The van der Waals surface area contributed by atoms with E-state index in [0.717, 1.165) is 24.4 Å². The van der Waals surface area contributed by atoms with Crippen LogP contribution >= 0.6 is 0 Å². The van der Waals surface area contributed by atoms with Crippen molar-refractivity contribution in [2.24, 2.45) is 17.6 Å². The molecule has 1 saturated carbocycles. The minimum atomic E-state index is 0.737. The molecule has 0 radical (unpaired) electrons. The van der Waals surface area contributed by atoms with Crippen LogP contribution in [0, 0.1) is 11.8 Å². The summed E-state index contributed by atoms with van der Waals surface area (Å²) in [6.45, 7) is 2.10. The van der Waals surface area contributed by atoms with Gasteiger partial charge in [0.2, 0.25) is 0 Å². The lowest BCUT2D eigenvalue weighted by atomic mass is 9.72. The van der Waals surface area contributed by atoms with Crippen LogP contribution in [0.1, 0.15) is 19.3 Å². The molecule has 86 valence electrons. The fourth-order valence-electron chi connectivity index (χ4n) is 3.45. The van der Waals surface area contributed by atoms with Crippen LogP contribution in [0.25, 0.3) is 0 Å². The number of hydrogen-bond donors (Lipinski definition) is 1. The molecule has 3 aliphatic rings. The van der Waals surface area contributed by atoms with Crippen molar-refractivity contribution in [3.8, 4) is 0 Å². The maximum atomic E-state index is 5.86. The topological polar surface area (TPSA) is 29.3 Å². The monoisotopic (exact) mass is 216 g/mol. The fourth-order valence-corrected chi connectivity index (χ4v) is 3.45. The number of para-hydroxylation sites is 1. The smallest absolute Gasteiger partial charge is 0.0368 e. The van der Waals surface area contributed by atoms with Crippen LogP contribution < -0.4 is 10.6 Å². The highest BCUT2D eigenvalue weighted by atomic mass is 15.2. The lowest BCUT2D eigenvalue weighted by Crippen LogP contribution is -2.53. The number of fused-ring (bicyclic) bond motifs is 3. The fraction of sp³-hybridized carbons (Fsp3) is 0.571. The van der Waals surface area contributed by atoms with E-state index in [9.17, 15) is 0 Å². The highest BCUT2D eigenvalue weighted by molar-refractivity contribution is 5.48. The Balaban J connectivity index is 1.81. The molecule has 3 fully saturated rings. The Labute approximate surface area is 97.4 Å². The zero-order chi connectivity index (χ0) is 11.0. The number of anilines is 1. The third kappa shape index (κ3) is 1.61. The highest BCUT2D eigenvalue weighted by Crippen LogP contribution is 2.40. The van der Waals surface area contributed by atoms with Crippen LogP contribution in [-0.2, 0) is 0 Å². The van der Waals surface area contributed by atoms with Crippen LogP contribution in [0.5, 0.6) is 0 Å². The van der Waals surface area contributed by atoms with Gasteiger partial charge in [0.15, 0.2) is 0 Å². The molecule has 1 aromatic rings. The first kappa shape index (κ1) is 10.2. The SMILES string of the molecule is NCC1CC2CCC1CN2c1ccccc1. The van der Waals surface area contributed by atoms with Gasteiger partial charge in [-0.3, -0.25) is 0 Å². The van der Waals surface area contributed by atoms with E-state index in [1.807, 2.05) is 0 Å². The minimum absolute atomic E-state index is 0.737. The van der Waals surface area contributed by atoms with Crippen LogP contribution in [0.3, 0.4) is 0 Å². The van der Waals surface area contributed by atoms with E-state index in [0.29, 0.717) is 0 Å². The zero-order valence-electron chi connectivity index (χ0n) is 9.68. The van der Waals surface area contributed by atoms with E-state index in [4.69, 9.17) is 5.73 Å². The Hall–Kier alpha value is -1.02. The second-order valence-electron chi connectivity index (χ2n) is 5.21. The van der Waals surface area contributed by atoms with E-state index < -0.39 is 0 Å². The van der Waals surface area contributed by atoms with Crippen molar-refractivity contribution >= 4 is 5.69 Å². The molecule has 2 heterocycles. The average molecular weight is 216 g/mol. The third-order valence-electron chi connectivity index (χ3n) is 4.37. The van der Waals surface area contributed by atoms with Crippen LogP contribution in [0.2, 0.25) is 0 Å². The van der Waals surface area contributed by atoms with Gasteiger partial charge in [-0.25, -0.2) is 0 Å². The van der Waals surface area contributed by atoms with Crippen LogP contribution in [0.15, 0.2) is 30.3 Å². The molecular formula is C14H20N2. The number of nitrogens with two attached hydrogens (primary N) is 1. The van der Waals surface area contributed by atoms with Gasteiger partial charge in [-0.15, -0.1) is 0 Å². The maximum Gasteiger partial charge on any atom is 0.0368 e. The second kappa shape index (κ2) is 4.10. The van der Waals surface area contributed by atoms with Crippen LogP contribution in [0.4, 0.5) is 5.69 Å². The first-order valence-electron chi connectivity index (χ1n) is 6.40. The lowest BCUT2D eigenvalue weighted by molar-refractivity contribution is 0.167. The van der Waals surface area contributed by atoms with Gasteiger partial charge in [-0.1, -0.05) is 18.2 Å². The molecule has 16 heavy (non-hydrogen) atoms. The molecule has 2 bridgehead atoms. The molecule has 1 aliphatic carbocycles. The van der Waals surface area contributed by atoms with Gasteiger partial charge in [0.05, 0.1) is 0 Å². The van der Waals surface area contributed by atoms with Gasteiger partial charge in [0.1, 0.15) is 0 Å². The van der Waals surface area contributed by atoms with Gasteiger partial charge in [0.25, 0.3) is 0 Å². The number of nitrogens with zero attached hydrogens (tertiary/aromatic N) is 1. The van der Waals surface area contributed by atoms with E-state index in [2.05, 4.69) is 35.2 Å². The van der Waals surface area contributed by atoms with Gasteiger partial charge in [-0.2, -0.15) is 0 Å². The van der Waals surface area contributed by atoms with Crippen molar-refractivity contribution in [2.75, 3.05) is 18.0 Å². The van der Waals surface area contributed by atoms with Crippen molar-refractivity contribution in [3.05, 3.63) is 30.3 Å². The average Bonchev–Trinajstić information content (AvgIpc) is 2.40. The predicted octanol–water partition coefficient (Wildman–Crippen LogP) is 2.25. The molecule has 0 spiro atoms. The predicted molar refractivity (Wildman–Crippen MR) is 67.5 cm³/mol. The molecule has 2 heteroatoms. The number of piperidine rings is 2. The van der Waals surface area contributed by atoms with Gasteiger partial charge < -0.3 is 10.6 Å². The van der Waals surface area contributed by atoms with Gasteiger partial charge in [0, 0.05) is 18.3 Å². The molecule has 2 nitrogen and oxygen atoms in total. The lowest BCUT2D eigenvalue weighted by Gasteiger charge is -2.50. The Morgan fingerprint density at radius 2 is 2.00 bits per heavy atom. The summed E-state index contributed by atoms with van der Waals surface area (Å²) >= 11 is 0. The maximum absolute atomic E-state index is 5.86. The third-order valence-corrected chi connectivity index (χ3v) is 4.37. The summed E-state index contributed by atoms with van der Waals surface area (Å²) in [6, 6.07) is 11.6. The quantitative estimate of drug-likeness (QED) is 0.821. The summed E-state index contributed by atoms with van der Waals surface area (Å²) in [5, 5.41) is 0. The molecule has 2 N–H and O–H groups in total.